The third-order valence-corrected chi connectivity index (χ3v) is 14.6. The molecule has 0 heterocycles. The van der Waals surface area contributed by atoms with Crippen molar-refractivity contribution < 1.29 is 28.6 Å². The molecule has 0 aromatic heterocycles. The molecule has 0 fully saturated rings. The molecule has 0 saturated carbocycles. The summed E-state index contributed by atoms with van der Waals surface area (Å²) >= 11 is 0. The quantitative estimate of drug-likeness (QED) is 0.0261. The molecule has 0 amide bonds. The molecule has 6 heteroatoms. The summed E-state index contributed by atoms with van der Waals surface area (Å²) in [6.45, 7) is 6.46. The van der Waals surface area contributed by atoms with Gasteiger partial charge in [-0.3, -0.25) is 14.4 Å². The van der Waals surface area contributed by atoms with E-state index in [1.165, 1.54) is 199 Å². The van der Waals surface area contributed by atoms with Crippen molar-refractivity contribution in [2.75, 3.05) is 13.2 Å². The number of ether oxygens (including phenoxy) is 3. The van der Waals surface area contributed by atoms with Gasteiger partial charge in [-0.2, -0.15) is 0 Å². The van der Waals surface area contributed by atoms with Gasteiger partial charge in [0.1, 0.15) is 13.2 Å². The molecule has 0 aromatic carbocycles. The molecule has 0 aromatic rings. The highest BCUT2D eigenvalue weighted by atomic mass is 16.6. The zero-order chi connectivity index (χ0) is 56.4. The number of carbonyl (C=O) groups is 3. The number of esters is 3. The summed E-state index contributed by atoms with van der Waals surface area (Å²) in [5.41, 5.74) is 0. The maximum Gasteiger partial charge on any atom is 0.306 e. The van der Waals surface area contributed by atoms with Crippen LogP contribution in [-0.2, 0) is 28.6 Å². The number of hydrogen-bond acceptors (Lipinski definition) is 6. The Kier molecular flexibility index (Phi) is 63.2. The summed E-state index contributed by atoms with van der Waals surface area (Å²) in [6.07, 6.45) is 87.8. The minimum absolute atomic E-state index is 0.102. The lowest BCUT2D eigenvalue weighted by Crippen LogP contribution is -2.30. The minimum atomic E-state index is -0.813. The topological polar surface area (TPSA) is 78.9 Å². The summed E-state index contributed by atoms with van der Waals surface area (Å²) in [5.74, 6) is -0.989. The molecular weight excluding hydrogens is 961 g/mol. The van der Waals surface area contributed by atoms with Crippen LogP contribution in [0.4, 0.5) is 0 Å². The summed E-state index contributed by atoms with van der Waals surface area (Å²) in [6, 6.07) is 0. The summed E-state index contributed by atoms with van der Waals surface area (Å²) in [4.78, 5) is 38.2. The Balaban J connectivity index is 4.20. The van der Waals surface area contributed by atoms with E-state index in [-0.39, 0.29) is 37.5 Å². The van der Waals surface area contributed by atoms with Crippen LogP contribution in [-0.4, -0.2) is 37.2 Å². The molecule has 1 atom stereocenters. The highest BCUT2D eigenvalue weighted by Gasteiger charge is 2.19. The van der Waals surface area contributed by atoms with E-state index < -0.39 is 6.10 Å². The highest BCUT2D eigenvalue weighted by Crippen LogP contribution is 2.17. The lowest BCUT2D eigenvalue weighted by Gasteiger charge is -2.18. The van der Waals surface area contributed by atoms with E-state index in [9.17, 15) is 14.4 Å². The van der Waals surface area contributed by atoms with Crippen LogP contribution in [0.2, 0.25) is 0 Å². The lowest BCUT2D eigenvalue weighted by atomic mass is 10.0. The molecule has 0 aliphatic heterocycles. The smallest absolute Gasteiger partial charge is 0.306 e. The van der Waals surface area contributed by atoms with Crippen LogP contribution in [0.5, 0.6) is 0 Å². The maximum absolute atomic E-state index is 12.9. The summed E-state index contributed by atoms with van der Waals surface area (Å²) in [5, 5.41) is 0. The second-order valence-electron chi connectivity index (χ2n) is 22.3. The van der Waals surface area contributed by atoms with Crippen LogP contribution in [0.15, 0.2) is 85.1 Å². The van der Waals surface area contributed by atoms with Crippen LogP contribution < -0.4 is 0 Å². The van der Waals surface area contributed by atoms with Crippen molar-refractivity contribution in [3.05, 3.63) is 85.1 Å². The van der Waals surface area contributed by atoms with Crippen molar-refractivity contribution in [2.24, 2.45) is 0 Å². The number of allylic oxidation sites excluding steroid dienone is 14. The van der Waals surface area contributed by atoms with Crippen molar-refractivity contribution >= 4 is 17.9 Å². The summed E-state index contributed by atoms with van der Waals surface area (Å²) in [7, 11) is 0. The Morgan fingerprint density at radius 1 is 0.269 bits per heavy atom. The van der Waals surface area contributed by atoms with E-state index in [4.69, 9.17) is 14.2 Å². The Morgan fingerprint density at radius 3 is 0.885 bits per heavy atom. The largest absolute Gasteiger partial charge is 0.462 e. The fourth-order valence-electron chi connectivity index (χ4n) is 9.60. The van der Waals surface area contributed by atoms with Crippen LogP contribution >= 0.6 is 0 Å². The average molecular weight is 1090 g/mol. The first-order valence-electron chi connectivity index (χ1n) is 33.6. The first-order chi connectivity index (χ1) is 38.5. The van der Waals surface area contributed by atoms with Crippen molar-refractivity contribution in [1.82, 2.24) is 0 Å². The first kappa shape index (κ1) is 74.6. The molecule has 0 rings (SSSR count). The van der Waals surface area contributed by atoms with Crippen LogP contribution in [0.1, 0.15) is 335 Å². The van der Waals surface area contributed by atoms with Crippen LogP contribution in [0.25, 0.3) is 0 Å². The third-order valence-electron chi connectivity index (χ3n) is 14.6. The summed E-state index contributed by atoms with van der Waals surface area (Å²) < 4.78 is 16.8. The lowest BCUT2D eigenvalue weighted by molar-refractivity contribution is -0.166. The molecular formula is C72H126O6. The molecule has 78 heavy (non-hydrogen) atoms. The standard InChI is InChI=1S/C72H126O6/c1-4-7-10-13-16-19-22-25-27-29-30-31-32-33-34-35-36-37-38-39-40-41-42-43-45-47-50-53-56-59-62-65-71(74)77-68-69(67-76-70(73)64-61-58-55-52-49-46-24-21-18-15-12-9-6-3)78-72(75)66-63-60-57-54-51-48-44-28-26-23-20-17-14-11-8-5-2/h9,12,18,20-21,23,28-30,44,46,49,55,58,69H,4-8,10-11,13-17,19,22,24-27,31-43,45,47-48,50-54,56-57,59-68H2,1-3H3/b12-9-,21-18-,23-20-,30-29-,44-28-,49-46-,58-55-. The van der Waals surface area contributed by atoms with Gasteiger partial charge in [0, 0.05) is 19.3 Å². The molecule has 0 radical (unpaired) electrons. The van der Waals surface area contributed by atoms with Gasteiger partial charge >= 0.3 is 17.9 Å². The zero-order valence-corrected chi connectivity index (χ0v) is 51.7. The fraction of sp³-hybridized carbons (Fsp3) is 0.764. The van der Waals surface area contributed by atoms with Gasteiger partial charge < -0.3 is 14.2 Å². The van der Waals surface area contributed by atoms with Gasteiger partial charge in [0.15, 0.2) is 6.10 Å². The van der Waals surface area contributed by atoms with Gasteiger partial charge in [-0.05, 0) is 103 Å². The predicted molar refractivity (Wildman–Crippen MR) is 339 cm³/mol. The number of hydrogen-bond donors (Lipinski definition) is 0. The number of unbranched alkanes of at least 4 members (excludes halogenated alkanes) is 36. The van der Waals surface area contributed by atoms with Crippen molar-refractivity contribution in [3.63, 3.8) is 0 Å². The molecule has 0 saturated heterocycles. The van der Waals surface area contributed by atoms with E-state index in [1.54, 1.807) is 0 Å². The van der Waals surface area contributed by atoms with E-state index in [1.807, 2.05) is 6.08 Å². The average Bonchev–Trinajstić information content (AvgIpc) is 3.44. The Morgan fingerprint density at radius 2 is 0.526 bits per heavy atom. The van der Waals surface area contributed by atoms with Gasteiger partial charge in [0.2, 0.25) is 0 Å². The van der Waals surface area contributed by atoms with E-state index >= 15 is 0 Å². The van der Waals surface area contributed by atoms with Crippen LogP contribution in [0, 0.1) is 0 Å². The van der Waals surface area contributed by atoms with Crippen molar-refractivity contribution in [3.8, 4) is 0 Å². The minimum Gasteiger partial charge on any atom is -0.462 e. The van der Waals surface area contributed by atoms with Gasteiger partial charge in [-0.1, -0.05) is 298 Å². The molecule has 0 N–H and O–H groups in total. The number of carbonyl (C=O) groups excluding carboxylic acids is 3. The van der Waals surface area contributed by atoms with Crippen molar-refractivity contribution in [1.29, 1.82) is 0 Å². The van der Waals surface area contributed by atoms with Crippen molar-refractivity contribution in [2.45, 2.75) is 341 Å². The maximum atomic E-state index is 12.9. The second-order valence-corrected chi connectivity index (χ2v) is 22.3. The molecule has 0 spiro atoms. The third kappa shape index (κ3) is 63.4. The normalized spacial score (nSPS) is 12.6. The second kappa shape index (κ2) is 66.1. The van der Waals surface area contributed by atoms with Gasteiger partial charge in [0.25, 0.3) is 0 Å². The zero-order valence-electron chi connectivity index (χ0n) is 51.7. The van der Waals surface area contributed by atoms with Crippen LogP contribution in [0.3, 0.4) is 0 Å². The van der Waals surface area contributed by atoms with Gasteiger partial charge in [0.05, 0.1) is 0 Å². The molecule has 0 bridgehead atoms. The molecule has 0 aliphatic rings. The molecule has 6 nitrogen and oxygen atoms in total. The Bertz CT molecular complexity index is 1480. The van der Waals surface area contributed by atoms with Gasteiger partial charge in [-0.25, -0.2) is 0 Å². The number of rotatable bonds is 61. The van der Waals surface area contributed by atoms with Gasteiger partial charge in [-0.15, -0.1) is 0 Å². The van der Waals surface area contributed by atoms with E-state index in [2.05, 4.69) is 99.8 Å². The molecule has 0 aliphatic carbocycles. The molecule has 1 unspecified atom stereocenters. The highest BCUT2D eigenvalue weighted by molar-refractivity contribution is 5.71. The van der Waals surface area contributed by atoms with E-state index in [0.29, 0.717) is 19.3 Å². The van der Waals surface area contributed by atoms with E-state index in [0.717, 1.165) is 89.9 Å². The fourth-order valence-corrected chi connectivity index (χ4v) is 9.60. The monoisotopic (exact) mass is 1090 g/mol. The molecule has 450 valence electrons. The first-order valence-corrected chi connectivity index (χ1v) is 33.6. The Hall–Kier alpha value is -3.41. The Labute approximate surface area is 484 Å². The predicted octanol–water partition coefficient (Wildman–Crippen LogP) is 23.1. The SMILES string of the molecule is CC/C=C\C/C=C\C/C=C\C/C=C\CCC(=O)OCC(COC(=O)CCCCCCCCCCCCCCCCCCCCC/C=C\CCCCCCCCCC)OC(=O)CCCCCCC/C=C\C/C=C\CCCCCC.